The molecule has 2 N–H and O–H groups in total. The first-order valence-electron chi connectivity index (χ1n) is 7.17. The van der Waals surface area contributed by atoms with Gasteiger partial charge in [0.2, 0.25) is 5.91 Å². The molecule has 1 aliphatic heterocycles. The fourth-order valence-corrected chi connectivity index (χ4v) is 3.07. The molecular formula is C14H28N2O2S. The van der Waals surface area contributed by atoms with Gasteiger partial charge in [0.25, 0.3) is 0 Å². The van der Waals surface area contributed by atoms with Gasteiger partial charge in [0.1, 0.15) is 0 Å². The average molecular weight is 288 g/mol. The maximum atomic E-state index is 12.0. The number of hydrogen-bond acceptors (Lipinski definition) is 4. The van der Waals surface area contributed by atoms with Gasteiger partial charge in [-0.3, -0.25) is 9.69 Å². The number of aliphatic hydroxyl groups is 1. The largest absolute Gasteiger partial charge is 0.396 e. The normalized spacial score (nSPS) is 19.2. The zero-order valence-electron chi connectivity index (χ0n) is 12.4. The van der Waals surface area contributed by atoms with Crippen LogP contribution in [0.25, 0.3) is 0 Å². The van der Waals surface area contributed by atoms with Gasteiger partial charge in [0.05, 0.1) is 6.04 Å². The summed E-state index contributed by atoms with van der Waals surface area (Å²) in [6, 6.07) is -0.0215. The van der Waals surface area contributed by atoms with Gasteiger partial charge in [-0.1, -0.05) is 13.8 Å². The van der Waals surface area contributed by atoms with Crippen LogP contribution in [0.1, 0.15) is 33.6 Å². The van der Waals surface area contributed by atoms with Crippen LogP contribution in [0.15, 0.2) is 0 Å². The summed E-state index contributed by atoms with van der Waals surface area (Å²) in [6.45, 7) is 9.00. The maximum Gasteiger partial charge on any atom is 0.237 e. The molecule has 0 aliphatic carbocycles. The molecule has 1 saturated heterocycles. The number of carbonyl (C=O) groups excluding carboxylic acids is 1. The number of nitrogens with zero attached hydrogens (tertiary/aromatic N) is 1. The lowest BCUT2D eigenvalue weighted by Crippen LogP contribution is -2.48. The highest BCUT2D eigenvalue weighted by Crippen LogP contribution is 2.20. The quantitative estimate of drug-likeness (QED) is 0.694. The summed E-state index contributed by atoms with van der Waals surface area (Å²) in [4.78, 5) is 14.3. The zero-order chi connectivity index (χ0) is 14.3. The summed E-state index contributed by atoms with van der Waals surface area (Å²) < 4.78 is 0. The van der Waals surface area contributed by atoms with Crippen LogP contribution < -0.4 is 5.32 Å². The Bertz CT molecular complexity index is 279. The molecule has 4 nitrogen and oxygen atoms in total. The van der Waals surface area contributed by atoms with Gasteiger partial charge in [-0.05, 0) is 25.2 Å². The van der Waals surface area contributed by atoms with Crippen LogP contribution in [0.2, 0.25) is 0 Å². The Morgan fingerprint density at radius 3 is 2.63 bits per heavy atom. The van der Waals surface area contributed by atoms with E-state index in [1.54, 1.807) is 0 Å². The molecule has 19 heavy (non-hydrogen) atoms. The van der Waals surface area contributed by atoms with Gasteiger partial charge >= 0.3 is 0 Å². The molecule has 112 valence electrons. The van der Waals surface area contributed by atoms with Crippen LogP contribution in [0.4, 0.5) is 0 Å². The summed E-state index contributed by atoms with van der Waals surface area (Å²) in [5.74, 6) is 2.39. The van der Waals surface area contributed by atoms with E-state index < -0.39 is 0 Å². The predicted molar refractivity (Wildman–Crippen MR) is 81.5 cm³/mol. The van der Waals surface area contributed by atoms with Gasteiger partial charge < -0.3 is 10.4 Å². The molecule has 0 spiro atoms. The first-order valence-corrected chi connectivity index (χ1v) is 8.32. The summed E-state index contributed by atoms with van der Waals surface area (Å²) in [5, 5.41) is 12.2. The average Bonchev–Trinajstić information content (AvgIpc) is 2.43. The van der Waals surface area contributed by atoms with Crippen molar-refractivity contribution in [3.8, 4) is 0 Å². The Labute approximate surface area is 121 Å². The van der Waals surface area contributed by atoms with Gasteiger partial charge in [-0.25, -0.2) is 0 Å². The smallest absolute Gasteiger partial charge is 0.237 e. The topological polar surface area (TPSA) is 52.6 Å². The SMILES string of the molecule is CC(C(=O)NCCCC(C)(C)CO)N1CCSCC1. The van der Waals surface area contributed by atoms with Crippen LogP contribution >= 0.6 is 11.8 Å². The van der Waals surface area contributed by atoms with E-state index in [0.717, 1.165) is 37.4 Å². The molecular weight excluding hydrogens is 260 g/mol. The lowest BCUT2D eigenvalue weighted by atomic mass is 9.89. The maximum absolute atomic E-state index is 12.0. The Balaban J connectivity index is 2.19. The van der Waals surface area contributed by atoms with Gasteiger partial charge in [0.15, 0.2) is 0 Å². The van der Waals surface area contributed by atoms with E-state index in [-0.39, 0.29) is 24.0 Å². The van der Waals surface area contributed by atoms with Crippen molar-refractivity contribution in [2.24, 2.45) is 5.41 Å². The molecule has 0 aromatic heterocycles. The van der Waals surface area contributed by atoms with Crippen molar-refractivity contribution in [3.63, 3.8) is 0 Å². The van der Waals surface area contributed by atoms with Gasteiger partial charge in [-0.15, -0.1) is 0 Å². The molecule has 1 amide bonds. The third kappa shape index (κ3) is 6.15. The Hall–Kier alpha value is -0.260. The first-order chi connectivity index (χ1) is 8.96. The fourth-order valence-electron chi connectivity index (χ4n) is 2.14. The fraction of sp³-hybridized carbons (Fsp3) is 0.929. The van der Waals surface area contributed by atoms with Crippen molar-refractivity contribution in [2.45, 2.75) is 39.7 Å². The Kier molecular flexibility index (Phi) is 7.18. The summed E-state index contributed by atoms with van der Waals surface area (Å²) in [5.41, 5.74) is -0.0412. The molecule has 1 atom stereocenters. The van der Waals surface area contributed by atoms with E-state index in [2.05, 4.69) is 10.2 Å². The van der Waals surface area contributed by atoms with Crippen LogP contribution in [0.3, 0.4) is 0 Å². The van der Waals surface area contributed by atoms with E-state index in [1.165, 1.54) is 0 Å². The number of carbonyl (C=O) groups is 1. The molecule has 1 heterocycles. The van der Waals surface area contributed by atoms with Crippen LogP contribution in [-0.2, 0) is 4.79 Å². The molecule has 1 fully saturated rings. The highest BCUT2D eigenvalue weighted by Gasteiger charge is 2.22. The summed E-state index contributed by atoms with van der Waals surface area (Å²) in [6.07, 6.45) is 1.85. The van der Waals surface area contributed by atoms with Crippen LogP contribution in [-0.4, -0.2) is 59.7 Å². The molecule has 5 heteroatoms. The Morgan fingerprint density at radius 2 is 2.05 bits per heavy atom. The standard InChI is InChI=1S/C14H28N2O2S/c1-12(16-7-9-19-10-8-16)13(18)15-6-4-5-14(2,3)11-17/h12,17H,4-11H2,1-3H3,(H,15,18). The second kappa shape index (κ2) is 8.12. The van der Waals surface area contributed by atoms with E-state index in [1.807, 2.05) is 32.5 Å². The molecule has 0 bridgehead atoms. The highest BCUT2D eigenvalue weighted by molar-refractivity contribution is 7.99. The molecule has 1 aliphatic rings. The number of amides is 1. The third-order valence-electron chi connectivity index (χ3n) is 3.73. The number of nitrogens with one attached hydrogen (secondary N) is 1. The van der Waals surface area contributed by atoms with Crippen molar-refractivity contribution in [3.05, 3.63) is 0 Å². The number of aliphatic hydroxyl groups excluding tert-OH is 1. The minimum absolute atomic E-state index is 0.0215. The minimum atomic E-state index is -0.0412. The number of thioether (sulfide) groups is 1. The van der Waals surface area contributed by atoms with E-state index in [0.29, 0.717) is 6.54 Å². The van der Waals surface area contributed by atoms with E-state index in [4.69, 9.17) is 5.11 Å². The second-order valence-electron chi connectivity index (χ2n) is 6.04. The molecule has 1 unspecified atom stereocenters. The van der Waals surface area contributed by atoms with Crippen molar-refractivity contribution < 1.29 is 9.90 Å². The van der Waals surface area contributed by atoms with Crippen LogP contribution in [0, 0.1) is 5.41 Å². The molecule has 0 aromatic rings. The number of rotatable bonds is 7. The molecule has 0 radical (unpaired) electrons. The van der Waals surface area contributed by atoms with E-state index in [9.17, 15) is 4.79 Å². The van der Waals surface area contributed by atoms with Gasteiger partial charge in [0, 0.05) is 37.7 Å². The van der Waals surface area contributed by atoms with Crippen molar-refractivity contribution >= 4 is 17.7 Å². The van der Waals surface area contributed by atoms with E-state index >= 15 is 0 Å². The lowest BCUT2D eigenvalue weighted by Gasteiger charge is -2.31. The van der Waals surface area contributed by atoms with Crippen molar-refractivity contribution in [1.29, 1.82) is 0 Å². The van der Waals surface area contributed by atoms with Crippen molar-refractivity contribution in [1.82, 2.24) is 10.2 Å². The predicted octanol–water partition coefficient (Wildman–Crippen LogP) is 1.34. The monoisotopic (exact) mass is 288 g/mol. The zero-order valence-corrected chi connectivity index (χ0v) is 13.3. The first kappa shape index (κ1) is 16.8. The number of hydrogen-bond donors (Lipinski definition) is 2. The highest BCUT2D eigenvalue weighted by atomic mass is 32.2. The molecule has 0 saturated carbocycles. The summed E-state index contributed by atoms with van der Waals surface area (Å²) in [7, 11) is 0. The summed E-state index contributed by atoms with van der Waals surface area (Å²) >= 11 is 1.96. The second-order valence-corrected chi connectivity index (χ2v) is 7.27. The van der Waals surface area contributed by atoms with Gasteiger partial charge in [-0.2, -0.15) is 11.8 Å². The van der Waals surface area contributed by atoms with Crippen molar-refractivity contribution in [2.75, 3.05) is 37.7 Å². The minimum Gasteiger partial charge on any atom is -0.396 e. The van der Waals surface area contributed by atoms with Crippen LogP contribution in [0.5, 0.6) is 0 Å². The molecule has 1 rings (SSSR count). The third-order valence-corrected chi connectivity index (χ3v) is 4.67. The Morgan fingerprint density at radius 1 is 1.42 bits per heavy atom. The lowest BCUT2D eigenvalue weighted by molar-refractivity contribution is -0.125. The molecule has 0 aromatic carbocycles.